The Morgan fingerprint density at radius 2 is 2.00 bits per heavy atom. The molecule has 2 rings (SSSR count). The average molecular weight is 366 g/mol. The second-order valence-corrected chi connectivity index (χ2v) is 6.56. The maximum Gasteiger partial charge on any atom is 0.234 e. The van der Waals surface area contributed by atoms with Crippen molar-refractivity contribution in [3.05, 3.63) is 45.8 Å². The molecule has 21 heavy (non-hydrogen) atoms. The van der Waals surface area contributed by atoms with Crippen LogP contribution in [0, 0.1) is 20.8 Å². The van der Waals surface area contributed by atoms with E-state index in [9.17, 15) is 4.79 Å². The molecule has 0 aliphatic rings. The van der Waals surface area contributed by atoms with E-state index in [1.807, 2.05) is 45.0 Å². The lowest BCUT2D eigenvalue weighted by Gasteiger charge is -2.08. The van der Waals surface area contributed by atoms with Crippen molar-refractivity contribution in [3.63, 3.8) is 0 Å². The molecule has 0 radical (unpaired) electrons. The molecule has 2 aromatic rings. The summed E-state index contributed by atoms with van der Waals surface area (Å²) in [5.41, 5.74) is 2.83. The van der Waals surface area contributed by atoms with Crippen LogP contribution in [0.2, 0.25) is 0 Å². The standard InChI is InChI=1S/C15H16BrN3OS/c1-9-4-5-13(12(16)6-9)19-14(20)8-21-15-7-10(2)17-11(3)18-15/h4-7H,8H2,1-3H3,(H,19,20). The topological polar surface area (TPSA) is 54.9 Å². The molecule has 1 aromatic heterocycles. The molecule has 4 nitrogen and oxygen atoms in total. The number of nitrogens with one attached hydrogen (secondary N) is 1. The molecule has 0 saturated carbocycles. The van der Waals surface area contributed by atoms with E-state index < -0.39 is 0 Å². The third kappa shape index (κ3) is 4.82. The highest BCUT2D eigenvalue weighted by molar-refractivity contribution is 9.10. The van der Waals surface area contributed by atoms with Crippen LogP contribution >= 0.6 is 27.7 Å². The molecule has 0 aliphatic heterocycles. The Hall–Kier alpha value is -1.40. The van der Waals surface area contributed by atoms with Crippen molar-refractivity contribution in [1.29, 1.82) is 0 Å². The fraction of sp³-hybridized carbons (Fsp3) is 0.267. The number of rotatable bonds is 4. The second kappa shape index (κ2) is 7.04. The minimum Gasteiger partial charge on any atom is -0.324 e. The quantitative estimate of drug-likeness (QED) is 0.659. The number of hydrogen-bond donors (Lipinski definition) is 1. The zero-order valence-corrected chi connectivity index (χ0v) is 14.5. The molecule has 0 unspecified atom stereocenters. The van der Waals surface area contributed by atoms with Gasteiger partial charge in [0.2, 0.25) is 5.91 Å². The van der Waals surface area contributed by atoms with Crippen LogP contribution in [0.3, 0.4) is 0 Å². The predicted octanol–water partition coefficient (Wildman–Crippen LogP) is 3.90. The van der Waals surface area contributed by atoms with Crippen molar-refractivity contribution in [2.24, 2.45) is 0 Å². The van der Waals surface area contributed by atoms with E-state index in [1.54, 1.807) is 0 Å². The van der Waals surface area contributed by atoms with E-state index in [4.69, 9.17) is 0 Å². The van der Waals surface area contributed by atoms with Gasteiger partial charge in [-0.15, -0.1) is 0 Å². The van der Waals surface area contributed by atoms with Gasteiger partial charge in [0.15, 0.2) is 0 Å². The summed E-state index contributed by atoms with van der Waals surface area (Å²) in [6.45, 7) is 5.77. The van der Waals surface area contributed by atoms with Crippen LogP contribution in [0.25, 0.3) is 0 Å². The van der Waals surface area contributed by atoms with Gasteiger partial charge < -0.3 is 5.32 Å². The number of carbonyl (C=O) groups is 1. The summed E-state index contributed by atoms with van der Waals surface area (Å²) in [6.07, 6.45) is 0. The van der Waals surface area contributed by atoms with Gasteiger partial charge in [0.05, 0.1) is 11.4 Å². The molecule has 1 aromatic carbocycles. The molecule has 0 bridgehead atoms. The van der Waals surface area contributed by atoms with Crippen LogP contribution in [0.1, 0.15) is 17.1 Å². The van der Waals surface area contributed by atoms with E-state index >= 15 is 0 Å². The number of anilines is 1. The molecule has 110 valence electrons. The first kappa shape index (κ1) is 16.0. The third-order valence-electron chi connectivity index (χ3n) is 2.69. The summed E-state index contributed by atoms with van der Waals surface area (Å²) >= 11 is 4.86. The number of amides is 1. The van der Waals surface area contributed by atoms with Crippen molar-refractivity contribution in [3.8, 4) is 0 Å². The molecule has 0 saturated heterocycles. The number of halogens is 1. The van der Waals surface area contributed by atoms with Gasteiger partial charge >= 0.3 is 0 Å². The molecule has 1 amide bonds. The molecule has 1 N–H and O–H groups in total. The van der Waals surface area contributed by atoms with Crippen LogP contribution in [0.4, 0.5) is 5.69 Å². The Labute approximate surface area is 136 Å². The number of aromatic nitrogens is 2. The molecule has 6 heteroatoms. The molecular weight excluding hydrogens is 350 g/mol. The zero-order valence-electron chi connectivity index (χ0n) is 12.1. The largest absolute Gasteiger partial charge is 0.324 e. The Kier molecular flexibility index (Phi) is 5.36. The Bertz CT molecular complexity index is 656. The number of nitrogens with zero attached hydrogens (tertiary/aromatic N) is 2. The lowest BCUT2D eigenvalue weighted by Crippen LogP contribution is -2.14. The fourth-order valence-corrected chi connectivity index (χ4v) is 3.20. The minimum absolute atomic E-state index is 0.0570. The highest BCUT2D eigenvalue weighted by Crippen LogP contribution is 2.24. The van der Waals surface area contributed by atoms with Crippen LogP contribution in [-0.2, 0) is 4.79 Å². The van der Waals surface area contributed by atoms with E-state index in [0.29, 0.717) is 5.75 Å². The summed E-state index contributed by atoms with van der Waals surface area (Å²) in [5, 5.41) is 3.70. The first-order valence-electron chi connectivity index (χ1n) is 6.45. The molecule has 0 atom stereocenters. The van der Waals surface area contributed by atoms with Crippen molar-refractivity contribution in [1.82, 2.24) is 9.97 Å². The predicted molar refractivity (Wildman–Crippen MR) is 89.7 cm³/mol. The maximum absolute atomic E-state index is 12.0. The van der Waals surface area contributed by atoms with Crippen molar-refractivity contribution in [2.75, 3.05) is 11.1 Å². The molecular formula is C15H16BrN3OS. The third-order valence-corrected chi connectivity index (χ3v) is 4.26. The smallest absolute Gasteiger partial charge is 0.234 e. The van der Waals surface area contributed by atoms with E-state index in [1.165, 1.54) is 11.8 Å². The summed E-state index contributed by atoms with van der Waals surface area (Å²) in [7, 11) is 0. The number of carbonyl (C=O) groups excluding carboxylic acids is 1. The zero-order chi connectivity index (χ0) is 15.4. The SMILES string of the molecule is Cc1ccc(NC(=O)CSc2cc(C)nc(C)n2)c(Br)c1. The Morgan fingerprint density at radius 3 is 2.67 bits per heavy atom. The van der Waals surface area contributed by atoms with Crippen molar-refractivity contribution >= 4 is 39.3 Å². The molecule has 0 aliphatic carbocycles. The summed E-state index contributed by atoms with van der Waals surface area (Å²) in [4.78, 5) is 20.5. The highest BCUT2D eigenvalue weighted by Gasteiger charge is 2.08. The lowest BCUT2D eigenvalue weighted by atomic mass is 10.2. The minimum atomic E-state index is -0.0570. The molecule has 1 heterocycles. The van der Waals surface area contributed by atoms with Crippen LogP contribution in [-0.4, -0.2) is 21.6 Å². The Morgan fingerprint density at radius 1 is 1.24 bits per heavy atom. The lowest BCUT2D eigenvalue weighted by molar-refractivity contribution is -0.113. The fourth-order valence-electron chi connectivity index (χ4n) is 1.80. The van der Waals surface area contributed by atoms with Crippen LogP contribution in [0.15, 0.2) is 33.8 Å². The van der Waals surface area contributed by atoms with Crippen molar-refractivity contribution in [2.45, 2.75) is 25.8 Å². The van der Waals surface area contributed by atoms with E-state index in [-0.39, 0.29) is 5.91 Å². The number of hydrogen-bond acceptors (Lipinski definition) is 4. The monoisotopic (exact) mass is 365 g/mol. The number of benzene rings is 1. The van der Waals surface area contributed by atoms with Crippen LogP contribution in [0.5, 0.6) is 0 Å². The van der Waals surface area contributed by atoms with E-state index in [0.717, 1.165) is 32.3 Å². The van der Waals surface area contributed by atoms with Gasteiger partial charge in [-0.05, 0) is 60.5 Å². The van der Waals surface area contributed by atoms with Gasteiger partial charge in [0.25, 0.3) is 0 Å². The summed E-state index contributed by atoms with van der Waals surface area (Å²) < 4.78 is 0.884. The van der Waals surface area contributed by atoms with Crippen LogP contribution < -0.4 is 5.32 Å². The number of thioether (sulfide) groups is 1. The van der Waals surface area contributed by atoms with Gasteiger partial charge in [-0.25, -0.2) is 9.97 Å². The van der Waals surface area contributed by atoms with Gasteiger partial charge in [-0.3, -0.25) is 4.79 Å². The van der Waals surface area contributed by atoms with Gasteiger partial charge in [0.1, 0.15) is 10.9 Å². The first-order valence-corrected chi connectivity index (χ1v) is 8.23. The first-order chi connectivity index (χ1) is 9.94. The number of aryl methyl sites for hydroxylation is 3. The highest BCUT2D eigenvalue weighted by atomic mass is 79.9. The van der Waals surface area contributed by atoms with E-state index in [2.05, 4.69) is 31.2 Å². The maximum atomic E-state index is 12.0. The average Bonchev–Trinajstić information content (AvgIpc) is 2.39. The van der Waals surface area contributed by atoms with Gasteiger partial charge in [0, 0.05) is 10.2 Å². The summed E-state index contributed by atoms with van der Waals surface area (Å²) in [6, 6.07) is 7.71. The normalized spacial score (nSPS) is 10.5. The molecule has 0 fully saturated rings. The molecule has 0 spiro atoms. The Balaban J connectivity index is 1.95. The van der Waals surface area contributed by atoms with Crippen molar-refractivity contribution < 1.29 is 4.79 Å². The summed E-state index contributed by atoms with van der Waals surface area (Å²) in [5.74, 6) is 0.980. The second-order valence-electron chi connectivity index (χ2n) is 4.71. The van der Waals surface area contributed by atoms with Gasteiger partial charge in [-0.1, -0.05) is 17.8 Å². The van der Waals surface area contributed by atoms with Gasteiger partial charge in [-0.2, -0.15) is 0 Å².